The van der Waals surface area contributed by atoms with Gasteiger partial charge in [0.05, 0.1) is 15.8 Å². The molecule has 0 aliphatic heterocycles. The predicted molar refractivity (Wildman–Crippen MR) is 130 cm³/mol. The van der Waals surface area contributed by atoms with Crippen LogP contribution in [-0.2, 0) is 29.5 Å². The molecule has 0 aromatic heterocycles. The van der Waals surface area contributed by atoms with Gasteiger partial charge in [-0.05, 0) is 53.4 Å². The van der Waals surface area contributed by atoms with E-state index in [-0.39, 0.29) is 18.1 Å². The first-order valence-electron chi connectivity index (χ1n) is 9.87. The first-order valence-corrected chi connectivity index (χ1v) is 12.3. The average molecular weight is 492 g/mol. The van der Waals surface area contributed by atoms with Crippen LogP contribution in [0.5, 0.6) is 0 Å². The van der Waals surface area contributed by atoms with Gasteiger partial charge in [-0.1, -0.05) is 59.6 Å². The molecular formula is C23H23Cl2N3O3S. The summed E-state index contributed by atoms with van der Waals surface area (Å²) in [4.78, 5) is 12.4. The van der Waals surface area contributed by atoms with Gasteiger partial charge in [0.25, 0.3) is 5.91 Å². The zero-order chi connectivity index (χ0) is 23.1. The molecule has 9 heteroatoms. The smallest absolute Gasteiger partial charge is 0.251 e. The maximum atomic E-state index is 12.4. The van der Waals surface area contributed by atoms with Crippen LogP contribution in [0.25, 0.3) is 0 Å². The molecule has 6 nitrogen and oxygen atoms in total. The lowest BCUT2D eigenvalue weighted by molar-refractivity contribution is 0.0951. The van der Waals surface area contributed by atoms with Gasteiger partial charge in [-0.2, -0.15) is 0 Å². The zero-order valence-electron chi connectivity index (χ0n) is 17.1. The second-order valence-corrected chi connectivity index (χ2v) is 9.79. The van der Waals surface area contributed by atoms with E-state index in [1.807, 2.05) is 24.3 Å². The summed E-state index contributed by atoms with van der Waals surface area (Å²) in [6.45, 7) is 0.848. The second kappa shape index (κ2) is 10.8. The number of hydrogen-bond acceptors (Lipinski definition) is 4. The molecular weight excluding hydrogens is 469 g/mol. The van der Waals surface area contributed by atoms with Crippen LogP contribution < -0.4 is 15.8 Å². The van der Waals surface area contributed by atoms with E-state index in [9.17, 15) is 13.2 Å². The van der Waals surface area contributed by atoms with Gasteiger partial charge in [0.2, 0.25) is 10.0 Å². The third-order valence-electron chi connectivity index (χ3n) is 4.80. The van der Waals surface area contributed by atoms with Crippen molar-refractivity contribution in [3.63, 3.8) is 0 Å². The maximum Gasteiger partial charge on any atom is 0.251 e. The maximum absolute atomic E-state index is 12.4. The number of benzene rings is 3. The highest BCUT2D eigenvalue weighted by molar-refractivity contribution is 7.92. The lowest BCUT2D eigenvalue weighted by Crippen LogP contribution is -2.23. The van der Waals surface area contributed by atoms with Crippen molar-refractivity contribution in [3.8, 4) is 0 Å². The molecule has 3 rings (SSSR count). The van der Waals surface area contributed by atoms with Gasteiger partial charge >= 0.3 is 0 Å². The molecule has 0 aliphatic rings. The van der Waals surface area contributed by atoms with Crippen molar-refractivity contribution in [1.29, 1.82) is 0 Å². The summed E-state index contributed by atoms with van der Waals surface area (Å²) in [5.74, 6) is -0.406. The molecule has 0 aliphatic carbocycles. The Bertz CT molecular complexity index is 1180. The molecule has 32 heavy (non-hydrogen) atoms. The highest BCUT2D eigenvalue weighted by Crippen LogP contribution is 2.26. The number of halogens is 2. The van der Waals surface area contributed by atoms with Crippen LogP contribution in [0.3, 0.4) is 0 Å². The number of amides is 1. The molecule has 0 heterocycles. The molecule has 4 N–H and O–H groups in total. The standard InChI is InChI=1S/C23H23Cl2N3O3S/c24-21-3-1-2-18(22(21)25)12-13-32(30,31)28-20-10-8-19(9-11-20)23(29)27-15-17-6-4-16(14-26)5-7-17/h1-11,28H,12-15,26H2,(H,27,29). The molecule has 168 valence electrons. The normalized spacial score (nSPS) is 11.2. The summed E-state index contributed by atoms with van der Waals surface area (Å²) in [6, 6.07) is 19.0. The highest BCUT2D eigenvalue weighted by atomic mass is 35.5. The van der Waals surface area contributed by atoms with E-state index in [0.717, 1.165) is 11.1 Å². The highest BCUT2D eigenvalue weighted by Gasteiger charge is 2.14. The van der Waals surface area contributed by atoms with E-state index in [0.29, 0.717) is 39.9 Å². The fourth-order valence-corrected chi connectivity index (χ4v) is 4.48. The Balaban J connectivity index is 1.54. The number of rotatable bonds is 9. The van der Waals surface area contributed by atoms with Crippen molar-refractivity contribution in [2.75, 3.05) is 10.5 Å². The molecule has 0 spiro atoms. The van der Waals surface area contributed by atoms with E-state index in [1.54, 1.807) is 42.5 Å². The molecule has 0 saturated carbocycles. The summed E-state index contributed by atoms with van der Waals surface area (Å²) < 4.78 is 27.3. The van der Waals surface area contributed by atoms with E-state index >= 15 is 0 Å². The van der Waals surface area contributed by atoms with Crippen molar-refractivity contribution in [2.24, 2.45) is 5.73 Å². The molecule has 0 atom stereocenters. The van der Waals surface area contributed by atoms with Crippen LogP contribution in [0, 0.1) is 0 Å². The Kier molecular flexibility index (Phi) is 8.15. The van der Waals surface area contributed by atoms with Crippen LogP contribution >= 0.6 is 23.2 Å². The average Bonchev–Trinajstić information content (AvgIpc) is 2.79. The van der Waals surface area contributed by atoms with Gasteiger partial charge in [0.1, 0.15) is 0 Å². The molecule has 0 saturated heterocycles. The topological polar surface area (TPSA) is 101 Å². The lowest BCUT2D eigenvalue weighted by Gasteiger charge is -2.10. The molecule has 0 radical (unpaired) electrons. The van der Waals surface area contributed by atoms with Crippen molar-refractivity contribution in [3.05, 3.63) is 99.0 Å². The van der Waals surface area contributed by atoms with Crippen LogP contribution in [0.4, 0.5) is 5.69 Å². The third kappa shape index (κ3) is 6.71. The number of hydrogen-bond donors (Lipinski definition) is 3. The van der Waals surface area contributed by atoms with Gasteiger partial charge < -0.3 is 11.1 Å². The van der Waals surface area contributed by atoms with Crippen molar-refractivity contribution in [1.82, 2.24) is 5.32 Å². The number of carbonyl (C=O) groups excluding carboxylic acids is 1. The number of nitrogens with two attached hydrogens (primary N) is 1. The summed E-state index contributed by atoms with van der Waals surface area (Å²) in [6.07, 6.45) is 0.224. The number of carbonyl (C=O) groups is 1. The van der Waals surface area contributed by atoms with Crippen LogP contribution in [0.15, 0.2) is 66.7 Å². The van der Waals surface area contributed by atoms with Crippen LogP contribution in [-0.4, -0.2) is 20.1 Å². The molecule has 3 aromatic rings. The van der Waals surface area contributed by atoms with Crippen molar-refractivity contribution < 1.29 is 13.2 Å². The summed E-state index contributed by atoms with van der Waals surface area (Å²) in [5, 5.41) is 3.58. The number of sulfonamides is 1. The van der Waals surface area contributed by atoms with E-state index in [4.69, 9.17) is 28.9 Å². The van der Waals surface area contributed by atoms with E-state index in [1.165, 1.54) is 0 Å². The fraction of sp³-hybridized carbons (Fsp3) is 0.174. The van der Waals surface area contributed by atoms with Crippen molar-refractivity contribution in [2.45, 2.75) is 19.5 Å². The summed E-state index contributed by atoms with van der Waals surface area (Å²) >= 11 is 12.1. The van der Waals surface area contributed by atoms with Crippen LogP contribution in [0.2, 0.25) is 10.0 Å². The quantitative estimate of drug-likeness (QED) is 0.413. The Labute approximate surface area is 197 Å². The molecule has 0 fully saturated rings. The first kappa shape index (κ1) is 24.1. The Hall–Kier alpha value is -2.58. The van der Waals surface area contributed by atoms with Gasteiger partial charge in [0, 0.05) is 24.3 Å². The van der Waals surface area contributed by atoms with Crippen molar-refractivity contribution >= 4 is 44.8 Å². The zero-order valence-corrected chi connectivity index (χ0v) is 19.5. The Morgan fingerprint density at radius 2 is 1.56 bits per heavy atom. The SMILES string of the molecule is NCc1ccc(CNC(=O)c2ccc(NS(=O)(=O)CCc3cccc(Cl)c3Cl)cc2)cc1. The second-order valence-electron chi connectivity index (χ2n) is 7.16. The third-order valence-corrected chi connectivity index (χ3v) is 6.95. The number of aryl methyl sites for hydroxylation is 1. The predicted octanol–water partition coefficient (Wildman–Crippen LogP) is 4.37. The van der Waals surface area contributed by atoms with E-state index < -0.39 is 10.0 Å². The molecule has 3 aromatic carbocycles. The summed E-state index contributed by atoms with van der Waals surface area (Å²) in [5.41, 5.74) is 9.02. The number of nitrogens with one attached hydrogen (secondary N) is 2. The largest absolute Gasteiger partial charge is 0.348 e. The summed E-state index contributed by atoms with van der Waals surface area (Å²) in [7, 11) is -3.61. The molecule has 0 unspecified atom stereocenters. The lowest BCUT2D eigenvalue weighted by atomic mass is 10.1. The minimum atomic E-state index is -3.61. The molecule has 1 amide bonds. The van der Waals surface area contributed by atoms with Gasteiger partial charge in [-0.15, -0.1) is 0 Å². The monoisotopic (exact) mass is 491 g/mol. The Morgan fingerprint density at radius 1 is 0.906 bits per heavy atom. The minimum Gasteiger partial charge on any atom is -0.348 e. The van der Waals surface area contributed by atoms with Crippen LogP contribution in [0.1, 0.15) is 27.0 Å². The number of anilines is 1. The first-order chi connectivity index (χ1) is 15.3. The molecule has 0 bridgehead atoms. The van der Waals surface area contributed by atoms with E-state index in [2.05, 4.69) is 10.0 Å². The van der Waals surface area contributed by atoms with Gasteiger partial charge in [-0.25, -0.2) is 8.42 Å². The fourth-order valence-electron chi connectivity index (χ4n) is 2.98. The minimum absolute atomic E-state index is 0.155. The Morgan fingerprint density at radius 3 is 2.22 bits per heavy atom. The van der Waals surface area contributed by atoms with Gasteiger partial charge in [0.15, 0.2) is 0 Å². The van der Waals surface area contributed by atoms with Gasteiger partial charge in [-0.3, -0.25) is 9.52 Å².